The molecule has 1 aliphatic heterocycles. The number of allylic oxidation sites excluding steroid dienone is 2. The number of rotatable bonds is 4. The first kappa shape index (κ1) is 17.0. The molecule has 24 heavy (non-hydrogen) atoms. The van der Waals surface area contributed by atoms with Crippen molar-refractivity contribution in [3.05, 3.63) is 65.5 Å². The van der Waals surface area contributed by atoms with Crippen molar-refractivity contribution < 1.29 is 29.0 Å². The van der Waals surface area contributed by atoms with E-state index in [-0.39, 0.29) is 22.5 Å². The lowest BCUT2D eigenvalue weighted by Crippen LogP contribution is -2.28. The second-order valence-electron chi connectivity index (χ2n) is 4.64. The molecule has 0 amide bonds. The molecule has 1 heterocycles. The van der Waals surface area contributed by atoms with Crippen molar-refractivity contribution in [1.29, 1.82) is 0 Å². The summed E-state index contributed by atoms with van der Waals surface area (Å²) in [5, 5.41) is 9.38. The van der Waals surface area contributed by atoms with Gasteiger partial charge in [-0.15, -0.1) is 0 Å². The summed E-state index contributed by atoms with van der Waals surface area (Å²) in [5.41, 5.74) is -0.000913. The monoisotopic (exact) mass is 329 g/mol. The summed E-state index contributed by atoms with van der Waals surface area (Å²) in [6, 6.07) is 6.11. The number of benzene rings is 1. The predicted octanol–water partition coefficient (Wildman–Crippen LogP) is 1.87. The SMILES string of the molecule is COC(=O)C1=C(C(=O)OC)N(c2ccccc2C(=O)O)C=CC=C1. The fraction of sp³-hybridized carbons (Fsp3) is 0.118. The van der Waals surface area contributed by atoms with Crippen molar-refractivity contribution in [2.24, 2.45) is 0 Å². The van der Waals surface area contributed by atoms with Crippen LogP contribution in [0.3, 0.4) is 0 Å². The highest BCUT2D eigenvalue weighted by Gasteiger charge is 2.29. The summed E-state index contributed by atoms with van der Waals surface area (Å²) in [7, 11) is 2.36. The van der Waals surface area contributed by atoms with Crippen molar-refractivity contribution in [3.8, 4) is 0 Å². The molecular weight excluding hydrogens is 314 g/mol. The number of para-hydroxylation sites is 1. The van der Waals surface area contributed by atoms with E-state index in [9.17, 15) is 19.5 Å². The quantitative estimate of drug-likeness (QED) is 0.843. The van der Waals surface area contributed by atoms with Gasteiger partial charge in [-0.05, 0) is 24.3 Å². The molecule has 124 valence electrons. The minimum Gasteiger partial charge on any atom is -0.478 e. The Bertz CT molecular complexity index is 775. The summed E-state index contributed by atoms with van der Waals surface area (Å²) < 4.78 is 9.47. The van der Waals surface area contributed by atoms with Crippen molar-refractivity contribution in [1.82, 2.24) is 0 Å². The lowest BCUT2D eigenvalue weighted by atomic mass is 10.1. The Morgan fingerprint density at radius 1 is 1.00 bits per heavy atom. The van der Waals surface area contributed by atoms with Crippen LogP contribution in [-0.2, 0) is 19.1 Å². The predicted molar refractivity (Wildman–Crippen MR) is 85.2 cm³/mol. The number of carboxylic acid groups (broad SMARTS) is 1. The fourth-order valence-electron chi connectivity index (χ4n) is 2.22. The first-order chi connectivity index (χ1) is 11.5. The largest absolute Gasteiger partial charge is 0.478 e. The number of anilines is 1. The summed E-state index contributed by atoms with van der Waals surface area (Å²) in [6.45, 7) is 0. The van der Waals surface area contributed by atoms with E-state index in [1.165, 1.54) is 43.5 Å². The normalized spacial score (nSPS) is 13.5. The van der Waals surface area contributed by atoms with Crippen molar-refractivity contribution >= 4 is 23.6 Å². The number of carbonyl (C=O) groups excluding carboxylic acids is 2. The molecule has 0 unspecified atom stereocenters. The Labute approximate surface area is 138 Å². The summed E-state index contributed by atoms with van der Waals surface area (Å²) in [4.78, 5) is 37.1. The van der Waals surface area contributed by atoms with Gasteiger partial charge in [-0.25, -0.2) is 14.4 Å². The molecule has 0 aliphatic carbocycles. The average Bonchev–Trinajstić information content (AvgIpc) is 2.83. The van der Waals surface area contributed by atoms with Gasteiger partial charge in [0, 0.05) is 6.20 Å². The Balaban J connectivity index is 2.73. The van der Waals surface area contributed by atoms with Crippen LogP contribution in [0.2, 0.25) is 0 Å². The minimum absolute atomic E-state index is 0.0327. The molecule has 0 saturated heterocycles. The maximum absolute atomic E-state index is 12.3. The van der Waals surface area contributed by atoms with Gasteiger partial charge in [0.25, 0.3) is 0 Å². The molecule has 1 N–H and O–H groups in total. The molecule has 0 radical (unpaired) electrons. The van der Waals surface area contributed by atoms with E-state index in [1.54, 1.807) is 24.3 Å². The zero-order valence-electron chi connectivity index (χ0n) is 13.1. The molecule has 7 heteroatoms. The van der Waals surface area contributed by atoms with Crippen molar-refractivity contribution in [3.63, 3.8) is 0 Å². The van der Waals surface area contributed by atoms with Gasteiger partial charge >= 0.3 is 17.9 Å². The topological polar surface area (TPSA) is 93.1 Å². The van der Waals surface area contributed by atoms with Gasteiger partial charge in [-0.1, -0.05) is 18.2 Å². The van der Waals surface area contributed by atoms with E-state index >= 15 is 0 Å². The molecule has 0 spiro atoms. The summed E-state index contributed by atoms with van der Waals surface area (Å²) in [6.07, 6.45) is 5.98. The highest BCUT2D eigenvalue weighted by Crippen LogP contribution is 2.29. The van der Waals surface area contributed by atoms with Crippen LogP contribution < -0.4 is 4.90 Å². The van der Waals surface area contributed by atoms with E-state index < -0.39 is 17.9 Å². The van der Waals surface area contributed by atoms with Crippen LogP contribution in [0.15, 0.2) is 60.0 Å². The highest BCUT2D eigenvalue weighted by atomic mass is 16.5. The zero-order valence-corrected chi connectivity index (χ0v) is 13.1. The number of hydrogen-bond acceptors (Lipinski definition) is 6. The van der Waals surface area contributed by atoms with Crippen LogP contribution in [0, 0.1) is 0 Å². The van der Waals surface area contributed by atoms with E-state index in [0.717, 1.165) is 0 Å². The molecule has 2 rings (SSSR count). The number of carbonyl (C=O) groups is 3. The molecule has 7 nitrogen and oxygen atoms in total. The number of hydrogen-bond donors (Lipinski definition) is 1. The summed E-state index contributed by atoms with van der Waals surface area (Å²) in [5.74, 6) is -2.71. The zero-order chi connectivity index (χ0) is 17.7. The van der Waals surface area contributed by atoms with Gasteiger partial charge in [-0.3, -0.25) is 0 Å². The summed E-state index contributed by atoms with van der Waals surface area (Å²) >= 11 is 0. The van der Waals surface area contributed by atoms with Crippen LogP contribution in [0.1, 0.15) is 10.4 Å². The second-order valence-corrected chi connectivity index (χ2v) is 4.64. The van der Waals surface area contributed by atoms with Crippen LogP contribution in [-0.4, -0.2) is 37.2 Å². The van der Waals surface area contributed by atoms with Crippen LogP contribution in [0.25, 0.3) is 0 Å². The number of methoxy groups -OCH3 is 2. The lowest BCUT2D eigenvalue weighted by molar-refractivity contribution is -0.139. The Morgan fingerprint density at radius 2 is 1.67 bits per heavy atom. The molecule has 0 aromatic heterocycles. The van der Waals surface area contributed by atoms with Crippen LogP contribution in [0.5, 0.6) is 0 Å². The number of nitrogens with zero attached hydrogens (tertiary/aromatic N) is 1. The average molecular weight is 329 g/mol. The van der Waals surface area contributed by atoms with Crippen LogP contribution >= 0.6 is 0 Å². The van der Waals surface area contributed by atoms with Crippen LogP contribution in [0.4, 0.5) is 5.69 Å². The number of carboxylic acids is 1. The molecule has 1 aliphatic rings. The van der Waals surface area contributed by atoms with Gasteiger partial charge < -0.3 is 19.5 Å². The van der Waals surface area contributed by atoms with Gasteiger partial charge in [-0.2, -0.15) is 0 Å². The minimum atomic E-state index is -1.17. The third kappa shape index (κ3) is 3.19. The molecule has 0 fully saturated rings. The molecule has 1 aromatic carbocycles. The fourth-order valence-corrected chi connectivity index (χ4v) is 2.22. The van der Waals surface area contributed by atoms with Crippen molar-refractivity contribution in [2.45, 2.75) is 0 Å². The third-order valence-corrected chi connectivity index (χ3v) is 3.28. The van der Waals surface area contributed by atoms with Gasteiger partial charge in [0.05, 0.1) is 31.0 Å². The molecular formula is C17H15NO6. The Hall–Kier alpha value is -3.35. The highest BCUT2D eigenvalue weighted by molar-refractivity contribution is 6.06. The maximum atomic E-state index is 12.3. The van der Waals surface area contributed by atoms with E-state index in [2.05, 4.69) is 0 Å². The maximum Gasteiger partial charge on any atom is 0.355 e. The van der Waals surface area contributed by atoms with Gasteiger partial charge in [0.1, 0.15) is 5.70 Å². The van der Waals surface area contributed by atoms with Gasteiger partial charge in [0.2, 0.25) is 0 Å². The number of aromatic carboxylic acids is 1. The lowest BCUT2D eigenvalue weighted by Gasteiger charge is -2.24. The second kappa shape index (κ2) is 7.28. The first-order valence-electron chi connectivity index (χ1n) is 6.88. The molecule has 1 aromatic rings. The van der Waals surface area contributed by atoms with E-state index in [4.69, 9.17) is 9.47 Å². The van der Waals surface area contributed by atoms with Gasteiger partial charge in [0.15, 0.2) is 0 Å². The standard InChI is InChI=1S/C17H15NO6/c1-23-16(21)12-8-5-6-10-18(14(12)17(22)24-2)13-9-4-3-7-11(13)15(19)20/h3-10H,1-2H3,(H,19,20). The molecule has 0 bridgehead atoms. The van der Waals surface area contributed by atoms with E-state index in [0.29, 0.717) is 0 Å². The van der Waals surface area contributed by atoms with Crippen molar-refractivity contribution in [2.75, 3.05) is 19.1 Å². The molecule has 0 saturated carbocycles. The Morgan fingerprint density at radius 3 is 2.29 bits per heavy atom. The first-order valence-corrected chi connectivity index (χ1v) is 6.88. The Kier molecular flexibility index (Phi) is 5.16. The number of esters is 2. The third-order valence-electron chi connectivity index (χ3n) is 3.28. The van der Waals surface area contributed by atoms with E-state index in [1.807, 2.05) is 0 Å². The number of ether oxygens (including phenoxy) is 2. The smallest absolute Gasteiger partial charge is 0.355 e. The molecule has 0 atom stereocenters.